The molecule has 0 aliphatic heterocycles. The van der Waals surface area contributed by atoms with Gasteiger partial charge in [0.25, 0.3) is 10.0 Å². The Morgan fingerprint density at radius 3 is 2.53 bits per heavy atom. The van der Waals surface area contributed by atoms with Crippen LogP contribution in [-0.4, -0.2) is 14.6 Å². The molecule has 2 aromatic rings. The lowest BCUT2D eigenvalue weighted by atomic mass is 10.3. The van der Waals surface area contributed by atoms with E-state index in [9.17, 15) is 8.42 Å². The minimum Gasteiger partial charge on any atom is -0.200 e. The van der Waals surface area contributed by atoms with Crippen LogP contribution in [0.5, 0.6) is 0 Å². The van der Waals surface area contributed by atoms with Gasteiger partial charge >= 0.3 is 0 Å². The highest BCUT2D eigenvalue weighted by atomic mass is 79.9. The zero-order chi connectivity index (χ0) is 13.9. The van der Waals surface area contributed by atoms with Crippen LogP contribution in [0.4, 0.5) is 0 Å². The predicted molar refractivity (Wildman–Crippen MR) is 81.1 cm³/mol. The van der Waals surface area contributed by atoms with E-state index in [1.54, 1.807) is 12.1 Å². The minimum absolute atomic E-state index is 0.177. The number of aryl methyl sites for hydroxylation is 1. The summed E-state index contributed by atoms with van der Waals surface area (Å²) in [6.07, 6.45) is 1.51. The van der Waals surface area contributed by atoms with Crippen molar-refractivity contribution in [3.63, 3.8) is 0 Å². The first-order chi connectivity index (χ1) is 8.99. The van der Waals surface area contributed by atoms with Gasteiger partial charge in [-0.1, -0.05) is 15.9 Å². The summed E-state index contributed by atoms with van der Waals surface area (Å²) in [5.74, 6) is 0. The predicted octanol–water partition coefficient (Wildman–Crippen LogP) is 3.13. The number of hydrazone groups is 1. The molecule has 0 radical (unpaired) electrons. The molecule has 0 bridgehead atoms. The summed E-state index contributed by atoms with van der Waals surface area (Å²) in [5.41, 5.74) is 1.07. The molecule has 0 spiro atoms. The minimum atomic E-state index is -3.61. The first-order valence-electron chi connectivity index (χ1n) is 5.33. The van der Waals surface area contributed by atoms with Crippen LogP contribution in [0, 0.1) is 6.92 Å². The van der Waals surface area contributed by atoms with Crippen molar-refractivity contribution in [2.24, 2.45) is 5.10 Å². The molecule has 100 valence electrons. The molecular formula is C12H11BrN2O2S2. The fourth-order valence-electron chi connectivity index (χ4n) is 1.34. The van der Waals surface area contributed by atoms with Crippen LogP contribution in [0.25, 0.3) is 0 Å². The molecule has 0 atom stereocenters. The molecule has 1 aromatic carbocycles. The molecule has 19 heavy (non-hydrogen) atoms. The molecule has 0 amide bonds. The maximum absolute atomic E-state index is 11.9. The van der Waals surface area contributed by atoms with E-state index in [-0.39, 0.29) is 4.90 Å². The Kier molecular flexibility index (Phi) is 4.38. The molecular weight excluding hydrogens is 348 g/mol. The Morgan fingerprint density at radius 1 is 1.26 bits per heavy atom. The Labute approximate surface area is 124 Å². The first kappa shape index (κ1) is 14.2. The van der Waals surface area contributed by atoms with Gasteiger partial charge in [-0.05, 0) is 48.2 Å². The summed E-state index contributed by atoms with van der Waals surface area (Å²) >= 11 is 4.76. The average Bonchev–Trinajstić information content (AvgIpc) is 2.75. The summed E-state index contributed by atoms with van der Waals surface area (Å²) in [5, 5.41) is 5.71. The van der Waals surface area contributed by atoms with Gasteiger partial charge in [-0.15, -0.1) is 11.3 Å². The molecule has 0 fully saturated rings. The summed E-state index contributed by atoms with van der Waals surface area (Å²) in [6, 6.07) is 8.31. The number of hydrogen-bond donors (Lipinski definition) is 1. The van der Waals surface area contributed by atoms with Crippen LogP contribution in [0.2, 0.25) is 0 Å². The second kappa shape index (κ2) is 5.85. The van der Waals surface area contributed by atoms with Gasteiger partial charge in [0.05, 0.1) is 16.0 Å². The number of nitrogens with zero attached hydrogens (tertiary/aromatic N) is 1. The summed E-state index contributed by atoms with van der Waals surface area (Å²) in [6.45, 7) is 1.95. The lowest BCUT2D eigenvalue weighted by Crippen LogP contribution is -2.18. The van der Waals surface area contributed by atoms with Crippen LogP contribution >= 0.6 is 27.3 Å². The molecule has 0 aliphatic rings. The fraction of sp³-hybridized carbons (Fsp3) is 0.0833. The maximum Gasteiger partial charge on any atom is 0.276 e. The van der Waals surface area contributed by atoms with Crippen molar-refractivity contribution < 1.29 is 8.42 Å². The third kappa shape index (κ3) is 3.65. The van der Waals surface area contributed by atoms with E-state index in [0.717, 1.165) is 14.9 Å². The quantitative estimate of drug-likeness (QED) is 0.674. The number of nitrogens with one attached hydrogen (secondary N) is 1. The zero-order valence-corrected chi connectivity index (χ0v) is 13.2. The molecule has 0 unspecified atom stereocenters. The number of hydrogen-bond acceptors (Lipinski definition) is 4. The van der Waals surface area contributed by atoms with Gasteiger partial charge in [-0.2, -0.15) is 13.5 Å². The average molecular weight is 359 g/mol. The van der Waals surface area contributed by atoms with Crippen LogP contribution in [0.3, 0.4) is 0 Å². The first-order valence-corrected chi connectivity index (χ1v) is 8.49. The summed E-state index contributed by atoms with van der Waals surface area (Å²) in [4.78, 5) is 3.30. The van der Waals surface area contributed by atoms with Gasteiger partial charge in [0, 0.05) is 4.47 Å². The van der Waals surface area contributed by atoms with Gasteiger partial charge in [0.15, 0.2) is 0 Å². The van der Waals surface area contributed by atoms with Crippen molar-refractivity contribution in [2.45, 2.75) is 11.8 Å². The third-order valence-corrected chi connectivity index (χ3v) is 5.10. The maximum atomic E-state index is 11.9. The van der Waals surface area contributed by atoms with E-state index in [2.05, 4.69) is 25.9 Å². The lowest BCUT2D eigenvalue weighted by Gasteiger charge is -2.02. The van der Waals surface area contributed by atoms with E-state index < -0.39 is 10.0 Å². The van der Waals surface area contributed by atoms with Crippen molar-refractivity contribution in [2.75, 3.05) is 0 Å². The van der Waals surface area contributed by atoms with E-state index in [4.69, 9.17) is 0 Å². The monoisotopic (exact) mass is 358 g/mol. The van der Waals surface area contributed by atoms with Gasteiger partial charge in [0.1, 0.15) is 0 Å². The third-order valence-electron chi connectivity index (χ3n) is 2.38. The van der Waals surface area contributed by atoms with Gasteiger partial charge in [0.2, 0.25) is 0 Å². The van der Waals surface area contributed by atoms with E-state index >= 15 is 0 Å². The van der Waals surface area contributed by atoms with Crippen LogP contribution in [0.15, 0.2) is 50.2 Å². The van der Waals surface area contributed by atoms with E-state index in [1.807, 2.05) is 18.4 Å². The highest BCUT2D eigenvalue weighted by Gasteiger charge is 2.11. The highest BCUT2D eigenvalue weighted by Crippen LogP contribution is 2.15. The molecule has 2 rings (SSSR count). The van der Waals surface area contributed by atoms with Crippen LogP contribution in [0.1, 0.15) is 10.4 Å². The van der Waals surface area contributed by atoms with Crippen molar-refractivity contribution in [3.8, 4) is 0 Å². The normalized spacial score (nSPS) is 11.9. The Bertz CT molecular complexity index is 691. The molecule has 0 saturated heterocycles. The molecule has 1 heterocycles. The number of rotatable bonds is 4. The van der Waals surface area contributed by atoms with Gasteiger partial charge in [-0.25, -0.2) is 4.83 Å². The number of sulfonamides is 1. The van der Waals surface area contributed by atoms with E-state index in [1.165, 1.54) is 29.7 Å². The SMILES string of the molecule is Cc1ccsc1/C=N\NS(=O)(=O)c1ccc(Br)cc1. The topological polar surface area (TPSA) is 58.5 Å². The van der Waals surface area contributed by atoms with Gasteiger partial charge < -0.3 is 0 Å². The second-order valence-corrected chi connectivity index (χ2v) is 7.30. The number of thiophene rings is 1. The molecule has 1 N–H and O–H groups in total. The Hall–Kier alpha value is -1.18. The number of halogens is 1. The smallest absolute Gasteiger partial charge is 0.200 e. The molecule has 4 nitrogen and oxygen atoms in total. The highest BCUT2D eigenvalue weighted by molar-refractivity contribution is 9.10. The Morgan fingerprint density at radius 2 is 1.95 bits per heavy atom. The second-order valence-electron chi connectivity index (χ2n) is 3.77. The fourth-order valence-corrected chi connectivity index (χ4v) is 3.18. The van der Waals surface area contributed by atoms with Crippen molar-refractivity contribution >= 4 is 43.5 Å². The Balaban J connectivity index is 2.12. The van der Waals surface area contributed by atoms with Crippen molar-refractivity contribution in [3.05, 3.63) is 50.6 Å². The number of benzene rings is 1. The van der Waals surface area contributed by atoms with Crippen LogP contribution in [-0.2, 0) is 10.0 Å². The summed E-state index contributed by atoms with van der Waals surface area (Å²) in [7, 11) is -3.61. The summed E-state index contributed by atoms with van der Waals surface area (Å²) < 4.78 is 24.7. The van der Waals surface area contributed by atoms with Crippen molar-refractivity contribution in [1.29, 1.82) is 0 Å². The molecule has 1 aromatic heterocycles. The standard InChI is InChI=1S/C12H11BrN2O2S2/c1-9-6-7-18-12(9)8-14-15-19(16,17)11-4-2-10(13)3-5-11/h2-8,15H,1H3/b14-8-. The largest absolute Gasteiger partial charge is 0.276 e. The van der Waals surface area contributed by atoms with Crippen molar-refractivity contribution in [1.82, 2.24) is 4.83 Å². The van der Waals surface area contributed by atoms with E-state index in [0.29, 0.717) is 0 Å². The zero-order valence-electron chi connectivity index (χ0n) is 10.00. The van der Waals surface area contributed by atoms with Crippen LogP contribution < -0.4 is 4.83 Å². The van der Waals surface area contributed by atoms with Gasteiger partial charge in [-0.3, -0.25) is 0 Å². The molecule has 0 saturated carbocycles. The molecule has 7 heteroatoms. The lowest BCUT2D eigenvalue weighted by molar-refractivity contribution is 0.584. The molecule has 0 aliphatic carbocycles.